The van der Waals surface area contributed by atoms with Crippen LogP contribution in [-0.2, 0) is 11.3 Å². The first-order chi connectivity index (χ1) is 13.0. The third kappa shape index (κ3) is 4.32. The quantitative estimate of drug-likeness (QED) is 0.503. The normalized spacial score (nSPS) is 10.9. The van der Waals surface area contributed by atoms with E-state index in [1.165, 1.54) is 4.57 Å². The van der Waals surface area contributed by atoms with Crippen molar-refractivity contribution in [1.82, 2.24) is 9.55 Å². The van der Waals surface area contributed by atoms with Gasteiger partial charge in [-0.15, -0.1) is 0 Å². The van der Waals surface area contributed by atoms with Crippen LogP contribution < -0.4 is 10.9 Å². The van der Waals surface area contributed by atoms with Gasteiger partial charge < -0.3 is 15.0 Å². The first kappa shape index (κ1) is 19.0. The molecular weight excluding hydrogens is 362 g/mol. The van der Waals surface area contributed by atoms with E-state index in [-0.39, 0.29) is 11.5 Å². The Morgan fingerprint density at radius 3 is 2.67 bits per heavy atom. The Hall–Kier alpha value is -2.77. The summed E-state index contributed by atoms with van der Waals surface area (Å²) in [6.07, 6.45) is 0.691. The maximum absolute atomic E-state index is 12.7. The number of anilines is 1. The van der Waals surface area contributed by atoms with Crippen molar-refractivity contribution in [1.29, 1.82) is 0 Å². The molecule has 0 fully saturated rings. The van der Waals surface area contributed by atoms with E-state index in [1.54, 1.807) is 25.3 Å². The fourth-order valence-electron chi connectivity index (χ4n) is 2.81. The molecule has 7 heteroatoms. The SMILES string of the molecule is COCCCn1c(=S)[nH]c2cc(C(=O)Nc3ccc(C)cc3)ccc2c1=O. The molecule has 0 bridgehead atoms. The Kier molecular flexibility index (Phi) is 5.83. The van der Waals surface area contributed by atoms with E-state index in [9.17, 15) is 9.59 Å². The molecule has 0 unspecified atom stereocenters. The lowest BCUT2D eigenvalue weighted by Crippen LogP contribution is -2.23. The summed E-state index contributed by atoms with van der Waals surface area (Å²) < 4.78 is 6.87. The number of rotatable bonds is 6. The lowest BCUT2D eigenvalue weighted by atomic mass is 10.1. The van der Waals surface area contributed by atoms with Crippen molar-refractivity contribution >= 4 is 34.7 Å². The van der Waals surface area contributed by atoms with Crippen LogP contribution in [0.5, 0.6) is 0 Å². The van der Waals surface area contributed by atoms with E-state index in [2.05, 4.69) is 10.3 Å². The van der Waals surface area contributed by atoms with Crippen LogP contribution in [0.3, 0.4) is 0 Å². The maximum atomic E-state index is 12.7. The van der Waals surface area contributed by atoms with Gasteiger partial charge in [0.15, 0.2) is 4.77 Å². The summed E-state index contributed by atoms with van der Waals surface area (Å²) in [4.78, 5) is 28.2. The molecule has 27 heavy (non-hydrogen) atoms. The maximum Gasteiger partial charge on any atom is 0.262 e. The Morgan fingerprint density at radius 2 is 1.96 bits per heavy atom. The summed E-state index contributed by atoms with van der Waals surface area (Å²) in [5, 5.41) is 3.34. The molecule has 2 aromatic carbocycles. The molecule has 0 saturated carbocycles. The second kappa shape index (κ2) is 8.28. The summed E-state index contributed by atoms with van der Waals surface area (Å²) in [5.41, 5.74) is 2.66. The number of methoxy groups -OCH3 is 1. The average Bonchev–Trinajstić information content (AvgIpc) is 2.66. The van der Waals surface area contributed by atoms with Crippen LogP contribution >= 0.6 is 12.2 Å². The van der Waals surface area contributed by atoms with Crippen molar-refractivity contribution in [3.05, 3.63) is 68.7 Å². The molecular formula is C20H21N3O3S. The van der Waals surface area contributed by atoms with Crippen molar-refractivity contribution in [2.24, 2.45) is 0 Å². The zero-order valence-corrected chi connectivity index (χ0v) is 16.1. The number of aromatic nitrogens is 2. The van der Waals surface area contributed by atoms with Crippen molar-refractivity contribution in [3.8, 4) is 0 Å². The minimum absolute atomic E-state index is 0.171. The van der Waals surface area contributed by atoms with E-state index in [0.717, 1.165) is 5.56 Å². The van der Waals surface area contributed by atoms with E-state index in [0.29, 0.717) is 46.5 Å². The molecule has 1 amide bonds. The minimum atomic E-state index is -0.246. The van der Waals surface area contributed by atoms with Crippen molar-refractivity contribution in [3.63, 3.8) is 0 Å². The Balaban J connectivity index is 1.90. The predicted molar refractivity (Wildman–Crippen MR) is 109 cm³/mol. The van der Waals surface area contributed by atoms with Gasteiger partial charge in [-0.1, -0.05) is 17.7 Å². The van der Waals surface area contributed by atoms with Gasteiger partial charge in [0.1, 0.15) is 0 Å². The number of carbonyl (C=O) groups is 1. The van der Waals surface area contributed by atoms with Gasteiger partial charge >= 0.3 is 0 Å². The monoisotopic (exact) mass is 383 g/mol. The van der Waals surface area contributed by atoms with E-state index in [1.807, 2.05) is 31.2 Å². The van der Waals surface area contributed by atoms with Crippen LogP contribution in [0.25, 0.3) is 10.9 Å². The second-order valence-electron chi connectivity index (χ2n) is 6.31. The fourth-order valence-corrected chi connectivity index (χ4v) is 3.09. The highest BCUT2D eigenvalue weighted by Gasteiger charge is 2.11. The van der Waals surface area contributed by atoms with Crippen molar-refractivity contribution in [2.45, 2.75) is 19.9 Å². The number of hydrogen-bond donors (Lipinski definition) is 2. The number of nitrogens with one attached hydrogen (secondary N) is 2. The number of benzene rings is 2. The van der Waals surface area contributed by atoms with E-state index in [4.69, 9.17) is 17.0 Å². The average molecular weight is 383 g/mol. The largest absolute Gasteiger partial charge is 0.385 e. The molecule has 3 rings (SSSR count). The summed E-state index contributed by atoms with van der Waals surface area (Å²) >= 11 is 5.31. The summed E-state index contributed by atoms with van der Waals surface area (Å²) in [6, 6.07) is 12.5. The predicted octanol–water partition coefficient (Wildman–Crippen LogP) is 3.66. The van der Waals surface area contributed by atoms with Gasteiger partial charge in [0.05, 0.1) is 10.9 Å². The van der Waals surface area contributed by atoms with Crippen LogP contribution in [0.1, 0.15) is 22.3 Å². The third-order valence-electron chi connectivity index (χ3n) is 4.28. The molecule has 0 atom stereocenters. The van der Waals surface area contributed by atoms with Gasteiger partial charge in [-0.2, -0.15) is 0 Å². The number of aromatic amines is 1. The van der Waals surface area contributed by atoms with Crippen LogP contribution in [-0.4, -0.2) is 29.2 Å². The Morgan fingerprint density at radius 1 is 1.22 bits per heavy atom. The molecule has 0 saturated heterocycles. The van der Waals surface area contributed by atoms with Crippen LogP contribution in [0.15, 0.2) is 47.3 Å². The smallest absolute Gasteiger partial charge is 0.262 e. The van der Waals surface area contributed by atoms with Gasteiger partial charge in [-0.3, -0.25) is 14.2 Å². The van der Waals surface area contributed by atoms with Gasteiger partial charge in [0.2, 0.25) is 0 Å². The number of aryl methyl sites for hydroxylation is 1. The van der Waals surface area contributed by atoms with Crippen molar-refractivity contribution in [2.75, 3.05) is 19.0 Å². The number of amides is 1. The summed E-state index contributed by atoms with van der Waals surface area (Å²) in [6.45, 7) is 3.02. The third-order valence-corrected chi connectivity index (χ3v) is 4.61. The zero-order valence-electron chi connectivity index (χ0n) is 15.2. The standard InChI is InChI=1S/C20H21N3O3S/c1-13-4-7-15(8-5-13)21-18(24)14-6-9-16-17(12-14)22-20(27)23(19(16)25)10-3-11-26-2/h4-9,12H,3,10-11H2,1-2H3,(H,21,24)(H,22,27). The van der Waals surface area contributed by atoms with Gasteiger partial charge in [0, 0.05) is 31.5 Å². The molecule has 2 N–H and O–H groups in total. The highest BCUT2D eigenvalue weighted by molar-refractivity contribution is 7.71. The highest BCUT2D eigenvalue weighted by atomic mass is 32.1. The number of H-pyrrole nitrogens is 1. The number of carbonyl (C=O) groups excluding carboxylic acids is 1. The molecule has 0 aliphatic heterocycles. The highest BCUT2D eigenvalue weighted by Crippen LogP contribution is 2.14. The zero-order chi connectivity index (χ0) is 19.4. The van der Waals surface area contributed by atoms with Crippen LogP contribution in [0.4, 0.5) is 5.69 Å². The first-order valence-electron chi connectivity index (χ1n) is 8.63. The molecule has 3 aromatic rings. The van der Waals surface area contributed by atoms with Crippen molar-refractivity contribution < 1.29 is 9.53 Å². The van der Waals surface area contributed by atoms with E-state index < -0.39 is 0 Å². The minimum Gasteiger partial charge on any atom is -0.385 e. The molecule has 0 spiro atoms. The lowest BCUT2D eigenvalue weighted by Gasteiger charge is -2.09. The fraction of sp³-hybridized carbons (Fsp3) is 0.250. The van der Waals surface area contributed by atoms with Gasteiger partial charge in [-0.25, -0.2) is 0 Å². The molecule has 0 aliphatic rings. The van der Waals surface area contributed by atoms with E-state index >= 15 is 0 Å². The second-order valence-corrected chi connectivity index (χ2v) is 6.70. The summed E-state index contributed by atoms with van der Waals surface area (Å²) in [7, 11) is 1.62. The summed E-state index contributed by atoms with van der Waals surface area (Å²) in [5.74, 6) is -0.246. The van der Waals surface area contributed by atoms with Gasteiger partial charge in [-0.05, 0) is 55.9 Å². The molecule has 0 aliphatic carbocycles. The Bertz CT molecular complexity index is 1080. The molecule has 1 aromatic heterocycles. The molecule has 0 radical (unpaired) electrons. The number of nitrogens with zero attached hydrogens (tertiary/aromatic N) is 1. The van der Waals surface area contributed by atoms with Gasteiger partial charge in [0.25, 0.3) is 11.5 Å². The van der Waals surface area contributed by atoms with Crippen LogP contribution in [0, 0.1) is 11.7 Å². The Labute approximate surface area is 161 Å². The number of fused-ring (bicyclic) bond motifs is 1. The lowest BCUT2D eigenvalue weighted by molar-refractivity contribution is 0.102. The van der Waals surface area contributed by atoms with Crippen LogP contribution in [0.2, 0.25) is 0 Å². The topological polar surface area (TPSA) is 76.1 Å². The number of hydrogen-bond acceptors (Lipinski definition) is 4. The first-order valence-corrected chi connectivity index (χ1v) is 9.04. The molecule has 1 heterocycles. The molecule has 6 nitrogen and oxygen atoms in total. The molecule has 140 valence electrons. The number of ether oxygens (including phenoxy) is 1.